The van der Waals surface area contributed by atoms with Gasteiger partial charge in [-0.25, -0.2) is 0 Å². The zero-order chi connectivity index (χ0) is 11.1. The zero-order valence-electron chi connectivity index (χ0n) is 10.0. The van der Waals surface area contributed by atoms with Gasteiger partial charge in [0.25, 0.3) is 0 Å². The van der Waals surface area contributed by atoms with E-state index in [1.807, 2.05) is 0 Å². The van der Waals surface area contributed by atoms with Crippen LogP contribution in [-0.2, 0) is 12.8 Å². The predicted molar refractivity (Wildman–Crippen MR) is 64.9 cm³/mol. The van der Waals surface area contributed by atoms with Crippen LogP contribution in [0.1, 0.15) is 49.9 Å². The minimum Gasteiger partial charge on any atom is -0.324 e. The fraction of sp³-hybridized carbons (Fsp3) is 0.571. The molecule has 1 aromatic carbocycles. The minimum atomic E-state index is 0.142. The number of aryl methyl sites for hydroxylation is 2. The summed E-state index contributed by atoms with van der Waals surface area (Å²) in [6.45, 7) is 6.60. The quantitative estimate of drug-likeness (QED) is 0.745. The normalized spacial score (nSPS) is 17.6. The van der Waals surface area contributed by atoms with Crippen molar-refractivity contribution in [1.29, 1.82) is 0 Å². The van der Waals surface area contributed by atoms with Gasteiger partial charge in [-0.15, -0.1) is 0 Å². The molecule has 0 fully saturated rings. The molecule has 15 heavy (non-hydrogen) atoms. The highest BCUT2D eigenvalue weighted by Crippen LogP contribution is 2.33. The SMILES string of the molecule is CC(C)(C)C(N)c1ccc2c(c1)CCC2. The van der Waals surface area contributed by atoms with Gasteiger partial charge in [-0.05, 0) is 41.4 Å². The van der Waals surface area contributed by atoms with E-state index in [0.717, 1.165) is 0 Å². The Balaban J connectivity index is 2.31. The number of rotatable bonds is 1. The zero-order valence-corrected chi connectivity index (χ0v) is 10.0. The molecule has 1 heteroatoms. The summed E-state index contributed by atoms with van der Waals surface area (Å²) in [5.41, 5.74) is 10.8. The van der Waals surface area contributed by atoms with Gasteiger partial charge in [0.1, 0.15) is 0 Å². The Morgan fingerprint density at radius 1 is 1.13 bits per heavy atom. The van der Waals surface area contributed by atoms with Gasteiger partial charge in [0.2, 0.25) is 0 Å². The highest BCUT2D eigenvalue weighted by atomic mass is 14.7. The third-order valence-electron chi connectivity index (χ3n) is 3.41. The summed E-state index contributed by atoms with van der Waals surface area (Å²) in [5.74, 6) is 0. The fourth-order valence-corrected chi connectivity index (χ4v) is 2.29. The smallest absolute Gasteiger partial charge is 0.0344 e. The highest BCUT2D eigenvalue weighted by molar-refractivity contribution is 5.36. The molecule has 2 rings (SSSR count). The molecule has 1 unspecified atom stereocenters. The number of nitrogens with two attached hydrogens (primary N) is 1. The van der Waals surface area contributed by atoms with E-state index in [1.54, 1.807) is 0 Å². The lowest BCUT2D eigenvalue weighted by Gasteiger charge is -2.27. The highest BCUT2D eigenvalue weighted by Gasteiger charge is 2.23. The molecule has 1 nitrogen and oxygen atoms in total. The molecule has 0 aromatic heterocycles. The average Bonchev–Trinajstić information content (AvgIpc) is 2.61. The van der Waals surface area contributed by atoms with Gasteiger partial charge in [-0.1, -0.05) is 39.0 Å². The van der Waals surface area contributed by atoms with Crippen molar-refractivity contribution >= 4 is 0 Å². The first-order valence-electron chi connectivity index (χ1n) is 5.86. The van der Waals surface area contributed by atoms with Gasteiger partial charge in [0, 0.05) is 6.04 Å². The van der Waals surface area contributed by atoms with Crippen LogP contribution >= 0.6 is 0 Å². The Morgan fingerprint density at radius 3 is 2.47 bits per heavy atom. The second-order valence-electron chi connectivity index (χ2n) is 5.73. The molecule has 82 valence electrons. The van der Waals surface area contributed by atoms with Crippen LogP contribution in [0.25, 0.3) is 0 Å². The van der Waals surface area contributed by atoms with Crippen molar-refractivity contribution < 1.29 is 0 Å². The third-order valence-corrected chi connectivity index (χ3v) is 3.41. The summed E-state index contributed by atoms with van der Waals surface area (Å²) in [6.07, 6.45) is 3.80. The van der Waals surface area contributed by atoms with Crippen molar-refractivity contribution in [3.8, 4) is 0 Å². The molecule has 2 N–H and O–H groups in total. The summed E-state index contributed by atoms with van der Waals surface area (Å²) in [5, 5.41) is 0. The van der Waals surface area contributed by atoms with Crippen LogP contribution in [0.3, 0.4) is 0 Å². The number of hydrogen-bond donors (Lipinski definition) is 1. The van der Waals surface area contributed by atoms with E-state index in [4.69, 9.17) is 5.73 Å². The molecular weight excluding hydrogens is 182 g/mol. The molecule has 1 aliphatic carbocycles. The van der Waals surface area contributed by atoms with Crippen LogP contribution in [0.4, 0.5) is 0 Å². The second-order valence-corrected chi connectivity index (χ2v) is 5.73. The molecule has 1 aromatic rings. The Morgan fingerprint density at radius 2 is 1.80 bits per heavy atom. The first-order valence-corrected chi connectivity index (χ1v) is 5.86. The molecule has 0 saturated heterocycles. The summed E-state index contributed by atoms with van der Waals surface area (Å²) in [4.78, 5) is 0. The lowest BCUT2D eigenvalue weighted by molar-refractivity contribution is 0.327. The van der Waals surface area contributed by atoms with E-state index in [2.05, 4.69) is 39.0 Å². The van der Waals surface area contributed by atoms with Crippen molar-refractivity contribution in [2.75, 3.05) is 0 Å². The monoisotopic (exact) mass is 203 g/mol. The van der Waals surface area contributed by atoms with E-state index in [1.165, 1.54) is 36.0 Å². The maximum atomic E-state index is 6.27. The molecule has 0 saturated carbocycles. The largest absolute Gasteiger partial charge is 0.324 e. The number of benzene rings is 1. The molecule has 1 aliphatic rings. The minimum absolute atomic E-state index is 0.142. The lowest BCUT2D eigenvalue weighted by Crippen LogP contribution is -2.26. The maximum Gasteiger partial charge on any atom is 0.0344 e. The first-order chi connectivity index (χ1) is 6.98. The molecule has 0 radical (unpaired) electrons. The Labute approximate surface area is 92.7 Å². The van der Waals surface area contributed by atoms with Crippen molar-refractivity contribution in [3.05, 3.63) is 34.9 Å². The maximum absolute atomic E-state index is 6.27. The molecule has 0 aliphatic heterocycles. The molecule has 0 spiro atoms. The van der Waals surface area contributed by atoms with Crippen LogP contribution < -0.4 is 5.73 Å². The number of hydrogen-bond acceptors (Lipinski definition) is 1. The topological polar surface area (TPSA) is 26.0 Å². The van der Waals surface area contributed by atoms with E-state index >= 15 is 0 Å². The van der Waals surface area contributed by atoms with Gasteiger partial charge < -0.3 is 5.73 Å². The van der Waals surface area contributed by atoms with Gasteiger partial charge in [-0.3, -0.25) is 0 Å². The Kier molecular flexibility index (Phi) is 2.59. The number of fused-ring (bicyclic) bond motifs is 1. The van der Waals surface area contributed by atoms with Crippen LogP contribution in [0, 0.1) is 5.41 Å². The van der Waals surface area contributed by atoms with Crippen molar-refractivity contribution in [1.82, 2.24) is 0 Å². The van der Waals surface area contributed by atoms with E-state index in [0.29, 0.717) is 0 Å². The average molecular weight is 203 g/mol. The summed E-state index contributed by atoms with van der Waals surface area (Å²) >= 11 is 0. The van der Waals surface area contributed by atoms with Gasteiger partial charge in [0.05, 0.1) is 0 Å². The first kappa shape index (κ1) is 10.7. The Bertz CT molecular complexity index is 360. The van der Waals surface area contributed by atoms with Crippen molar-refractivity contribution in [2.45, 2.75) is 46.1 Å². The van der Waals surface area contributed by atoms with Crippen LogP contribution in [0.5, 0.6) is 0 Å². The van der Waals surface area contributed by atoms with Gasteiger partial charge in [0.15, 0.2) is 0 Å². The standard InChI is InChI=1S/C14H21N/c1-14(2,3)13(15)12-8-7-10-5-4-6-11(10)9-12/h7-9,13H,4-6,15H2,1-3H3. The van der Waals surface area contributed by atoms with Crippen LogP contribution in [0.2, 0.25) is 0 Å². The van der Waals surface area contributed by atoms with Crippen LogP contribution in [0.15, 0.2) is 18.2 Å². The fourth-order valence-electron chi connectivity index (χ4n) is 2.29. The van der Waals surface area contributed by atoms with E-state index < -0.39 is 0 Å². The summed E-state index contributed by atoms with van der Waals surface area (Å²) in [7, 11) is 0. The molecule has 0 heterocycles. The second kappa shape index (κ2) is 3.64. The van der Waals surface area contributed by atoms with Crippen molar-refractivity contribution in [2.24, 2.45) is 11.1 Å². The van der Waals surface area contributed by atoms with Gasteiger partial charge >= 0.3 is 0 Å². The van der Waals surface area contributed by atoms with Gasteiger partial charge in [-0.2, -0.15) is 0 Å². The summed E-state index contributed by atoms with van der Waals surface area (Å²) in [6, 6.07) is 6.94. The Hall–Kier alpha value is -0.820. The molecule has 0 bridgehead atoms. The lowest BCUT2D eigenvalue weighted by atomic mass is 9.82. The van der Waals surface area contributed by atoms with E-state index in [9.17, 15) is 0 Å². The third kappa shape index (κ3) is 2.07. The molecular formula is C14H21N. The van der Waals surface area contributed by atoms with Crippen LogP contribution in [-0.4, -0.2) is 0 Å². The van der Waals surface area contributed by atoms with E-state index in [-0.39, 0.29) is 11.5 Å². The predicted octanol–water partition coefficient (Wildman–Crippen LogP) is 3.22. The summed E-state index contributed by atoms with van der Waals surface area (Å²) < 4.78 is 0. The molecule has 1 atom stereocenters. The molecule has 0 amide bonds. The van der Waals surface area contributed by atoms with Crippen molar-refractivity contribution in [3.63, 3.8) is 0 Å².